The summed E-state index contributed by atoms with van der Waals surface area (Å²) in [6.45, 7) is 1.88. The number of ether oxygens (including phenoxy) is 1. The number of esters is 1. The highest BCUT2D eigenvalue weighted by molar-refractivity contribution is 6.00. The Bertz CT molecular complexity index is 736. The minimum atomic E-state index is -4.54. The lowest BCUT2D eigenvalue weighted by Gasteiger charge is -2.23. The van der Waals surface area contributed by atoms with Crippen LogP contribution in [0.2, 0.25) is 0 Å². The highest BCUT2D eigenvalue weighted by Crippen LogP contribution is 2.33. The van der Waals surface area contributed by atoms with Gasteiger partial charge in [-0.1, -0.05) is 32.0 Å². The van der Waals surface area contributed by atoms with Gasteiger partial charge in [0.15, 0.2) is 6.61 Å². The zero-order valence-electron chi connectivity index (χ0n) is 15.7. The lowest BCUT2D eigenvalue weighted by molar-refractivity contribution is -0.154. The number of halogens is 3. The molecule has 1 fully saturated rings. The third kappa shape index (κ3) is 5.71. The van der Waals surface area contributed by atoms with Crippen molar-refractivity contribution in [1.82, 2.24) is 5.32 Å². The standard InChI is InChI=1S/C19H23F3N2O4/c1-3-12(2)14-6-4-5-7-15(14)24-9-13(8-17(24)26)18(27)28-10-16(25)23-11-19(20,21)22/h4-7,12-13H,3,8-11H2,1-2H3,(H,23,25)/t12-,13+/m0/s1. The Labute approximate surface area is 161 Å². The van der Waals surface area contributed by atoms with Crippen LogP contribution in [0.3, 0.4) is 0 Å². The number of nitrogens with zero attached hydrogens (tertiary/aromatic N) is 1. The van der Waals surface area contributed by atoms with Crippen LogP contribution < -0.4 is 10.2 Å². The largest absolute Gasteiger partial charge is 0.455 e. The van der Waals surface area contributed by atoms with Crippen molar-refractivity contribution < 1.29 is 32.3 Å². The number of alkyl halides is 3. The first-order valence-electron chi connectivity index (χ1n) is 9.01. The monoisotopic (exact) mass is 400 g/mol. The first-order chi connectivity index (χ1) is 13.1. The lowest BCUT2D eigenvalue weighted by Crippen LogP contribution is -2.37. The van der Waals surface area contributed by atoms with Crippen LogP contribution in [0.25, 0.3) is 0 Å². The fourth-order valence-electron chi connectivity index (χ4n) is 2.97. The Morgan fingerprint density at radius 1 is 1.32 bits per heavy atom. The second-order valence-corrected chi connectivity index (χ2v) is 6.77. The molecule has 2 amide bonds. The summed E-state index contributed by atoms with van der Waals surface area (Å²) in [5.41, 5.74) is 1.74. The average molecular weight is 400 g/mol. The second-order valence-electron chi connectivity index (χ2n) is 6.77. The molecule has 1 heterocycles. The van der Waals surface area contributed by atoms with Gasteiger partial charge >= 0.3 is 12.1 Å². The molecular formula is C19H23F3N2O4. The van der Waals surface area contributed by atoms with Crippen molar-refractivity contribution >= 4 is 23.5 Å². The number of amides is 2. The van der Waals surface area contributed by atoms with Crippen molar-refractivity contribution in [2.24, 2.45) is 5.92 Å². The molecule has 28 heavy (non-hydrogen) atoms. The fourth-order valence-corrected chi connectivity index (χ4v) is 2.97. The third-order valence-corrected chi connectivity index (χ3v) is 4.66. The number of hydrogen-bond acceptors (Lipinski definition) is 4. The second kappa shape index (κ2) is 9.07. The molecule has 0 saturated carbocycles. The smallest absolute Gasteiger partial charge is 0.405 e. The van der Waals surface area contributed by atoms with Crippen molar-refractivity contribution in [1.29, 1.82) is 0 Å². The highest BCUT2D eigenvalue weighted by atomic mass is 19.4. The van der Waals surface area contributed by atoms with Crippen molar-refractivity contribution in [2.75, 3.05) is 24.6 Å². The van der Waals surface area contributed by atoms with Crippen LogP contribution in [-0.4, -0.2) is 43.7 Å². The first kappa shape index (κ1) is 21.7. The van der Waals surface area contributed by atoms with E-state index in [9.17, 15) is 27.6 Å². The van der Waals surface area contributed by atoms with Gasteiger partial charge in [0, 0.05) is 18.7 Å². The van der Waals surface area contributed by atoms with Crippen LogP contribution >= 0.6 is 0 Å². The Balaban J connectivity index is 1.96. The lowest BCUT2D eigenvalue weighted by atomic mass is 9.96. The number of carbonyl (C=O) groups excluding carboxylic acids is 3. The van der Waals surface area contributed by atoms with E-state index in [0.29, 0.717) is 0 Å². The molecule has 1 saturated heterocycles. The minimum Gasteiger partial charge on any atom is -0.455 e. The maximum Gasteiger partial charge on any atom is 0.405 e. The van der Waals surface area contributed by atoms with Crippen LogP contribution in [0, 0.1) is 5.92 Å². The van der Waals surface area contributed by atoms with Gasteiger partial charge in [-0.3, -0.25) is 14.4 Å². The van der Waals surface area contributed by atoms with Crippen LogP contribution in [-0.2, 0) is 19.1 Å². The Morgan fingerprint density at radius 3 is 2.64 bits per heavy atom. The molecule has 0 unspecified atom stereocenters. The molecular weight excluding hydrogens is 377 g/mol. The number of nitrogens with one attached hydrogen (secondary N) is 1. The van der Waals surface area contributed by atoms with E-state index < -0.39 is 37.1 Å². The predicted molar refractivity (Wildman–Crippen MR) is 95.6 cm³/mol. The molecule has 9 heteroatoms. The number of rotatable bonds is 7. The van der Waals surface area contributed by atoms with Crippen LogP contribution in [0.1, 0.15) is 38.2 Å². The van der Waals surface area contributed by atoms with E-state index in [1.165, 1.54) is 4.90 Å². The summed E-state index contributed by atoms with van der Waals surface area (Å²) in [5.74, 6) is -2.60. The van der Waals surface area contributed by atoms with E-state index in [0.717, 1.165) is 17.7 Å². The van der Waals surface area contributed by atoms with Crippen molar-refractivity contribution in [3.63, 3.8) is 0 Å². The third-order valence-electron chi connectivity index (χ3n) is 4.66. The molecule has 6 nitrogen and oxygen atoms in total. The molecule has 1 aromatic carbocycles. The molecule has 2 rings (SSSR count). The van der Waals surface area contributed by atoms with Gasteiger partial charge in [-0.05, 0) is 24.0 Å². The summed E-state index contributed by atoms with van der Waals surface area (Å²) >= 11 is 0. The van der Waals surface area contributed by atoms with Crippen molar-refractivity contribution in [2.45, 2.75) is 38.8 Å². The predicted octanol–water partition coefficient (Wildman–Crippen LogP) is 2.77. The molecule has 0 radical (unpaired) electrons. The molecule has 0 aliphatic carbocycles. The SMILES string of the molecule is CC[C@H](C)c1ccccc1N1C[C@H](C(=O)OCC(=O)NCC(F)(F)F)CC1=O. The van der Waals surface area contributed by atoms with Gasteiger partial charge in [0.05, 0.1) is 5.92 Å². The van der Waals surface area contributed by atoms with E-state index in [-0.39, 0.29) is 24.8 Å². The number of hydrogen-bond donors (Lipinski definition) is 1. The minimum absolute atomic E-state index is 0.0716. The highest BCUT2D eigenvalue weighted by Gasteiger charge is 2.37. The molecule has 154 valence electrons. The summed E-state index contributed by atoms with van der Waals surface area (Å²) < 4.78 is 41.0. The normalized spacial score (nSPS) is 18.1. The molecule has 0 bridgehead atoms. The number of benzene rings is 1. The molecule has 1 aliphatic rings. The molecule has 2 atom stereocenters. The van der Waals surface area contributed by atoms with Gasteiger partial charge in [0.1, 0.15) is 6.54 Å². The summed E-state index contributed by atoms with van der Waals surface area (Å²) in [4.78, 5) is 37.4. The Kier molecular flexibility index (Phi) is 7.04. The van der Waals surface area contributed by atoms with Crippen LogP contribution in [0.4, 0.5) is 18.9 Å². The zero-order valence-corrected chi connectivity index (χ0v) is 15.7. The quantitative estimate of drug-likeness (QED) is 0.715. The van der Waals surface area contributed by atoms with Crippen molar-refractivity contribution in [3.05, 3.63) is 29.8 Å². The Morgan fingerprint density at radius 2 is 2.00 bits per heavy atom. The molecule has 0 aromatic heterocycles. The van der Waals surface area contributed by atoms with Crippen LogP contribution in [0.15, 0.2) is 24.3 Å². The fraction of sp³-hybridized carbons (Fsp3) is 0.526. The maximum atomic E-state index is 12.4. The molecule has 1 aliphatic heterocycles. The Hall–Kier alpha value is -2.58. The van der Waals surface area contributed by atoms with E-state index in [2.05, 4.69) is 0 Å². The number of anilines is 1. The van der Waals surface area contributed by atoms with Gasteiger partial charge in [-0.2, -0.15) is 13.2 Å². The summed E-state index contributed by atoms with van der Waals surface area (Å²) in [5, 5.41) is 1.62. The number of carbonyl (C=O) groups is 3. The topological polar surface area (TPSA) is 75.7 Å². The summed E-state index contributed by atoms with van der Waals surface area (Å²) in [6, 6.07) is 7.45. The molecule has 1 N–H and O–H groups in total. The van der Waals surface area contributed by atoms with Gasteiger partial charge < -0.3 is 15.0 Å². The van der Waals surface area contributed by atoms with Crippen molar-refractivity contribution in [3.8, 4) is 0 Å². The van der Waals surface area contributed by atoms with Crippen LogP contribution in [0.5, 0.6) is 0 Å². The maximum absolute atomic E-state index is 12.4. The van der Waals surface area contributed by atoms with Gasteiger partial charge in [0.25, 0.3) is 5.91 Å². The zero-order chi connectivity index (χ0) is 20.9. The van der Waals surface area contributed by atoms with E-state index in [4.69, 9.17) is 4.74 Å². The van der Waals surface area contributed by atoms with E-state index in [1.54, 1.807) is 5.32 Å². The summed E-state index contributed by atoms with van der Waals surface area (Å²) in [6.07, 6.45) is -3.73. The van der Waals surface area contributed by atoms with E-state index >= 15 is 0 Å². The van der Waals surface area contributed by atoms with E-state index in [1.807, 2.05) is 38.1 Å². The first-order valence-corrected chi connectivity index (χ1v) is 9.01. The van der Waals surface area contributed by atoms with Gasteiger partial charge in [0.2, 0.25) is 5.91 Å². The number of para-hydroxylation sites is 1. The molecule has 0 spiro atoms. The van der Waals surface area contributed by atoms with Gasteiger partial charge in [-0.25, -0.2) is 0 Å². The average Bonchev–Trinajstić information content (AvgIpc) is 3.04. The molecule has 1 aromatic rings. The summed E-state index contributed by atoms with van der Waals surface area (Å²) in [7, 11) is 0. The van der Waals surface area contributed by atoms with Gasteiger partial charge in [-0.15, -0.1) is 0 Å².